The van der Waals surface area contributed by atoms with Crippen LogP contribution in [0.25, 0.3) is 0 Å². The molecule has 0 aliphatic heterocycles. The molecule has 138 valence electrons. The molecule has 0 heterocycles. The van der Waals surface area contributed by atoms with Crippen LogP contribution in [0.1, 0.15) is 13.8 Å². The van der Waals surface area contributed by atoms with Crippen molar-refractivity contribution in [3.63, 3.8) is 0 Å². The molecule has 0 rings (SSSR count). The summed E-state index contributed by atoms with van der Waals surface area (Å²) in [7, 11) is 5.69. The molecule has 0 saturated carbocycles. The maximum Gasteiger partial charge on any atom is 0.319 e. The van der Waals surface area contributed by atoms with Crippen LogP contribution in [0.15, 0.2) is 0 Å². The normalized spacial score (nSPS) is 12.1. The fraction of sp³-hybridized carbons (Fsp3) is 0.786. The van der Waals surface area contributed by atoms with Gasteiger partial charge in [0.25, 0.3) is 0 Å². The van der Waals surface area contributed by atoms with Gasteiger partial charge in [-0.25, -0.2) is 4.58 Å². The maximum atomic E-state index is 10.8. The first-order valence-electron chi connectivity index (χ1n) is 6.87. The van der Waals surface area contributed by atoms with Crippen LogP contribution in [0.2, 0.25) is 0 Å². The van der Waals surface area contributed by atoms with Gasteiger partial charge in [0.1, 0.15) is 31.8 Å². The van der Waals surface area contributed by atoms with E-state index in [0.29, 0.717) is 13.2 Å². The van der Waals surface area contributed by atoms with Gasteiger partial charge in [0, 0.05) is 6.54 Å². The zero-order valence-corrected chi connectivity index (χ0v) is 19.1. The second-order valence-electron chi connectivity index (χ2n) is 4.81. The summed E-state index contributed by atoms with van der Waals surface area (Å²) in [4.78, 5) is 22.6. The van der Waals surface area contributed by atoms with Crippen molar-refractivity contribution in [1.29, 1.82) is 0 Å². The lowest BCUT2D eigenvalue weighted by molar-refractivity contribution is -0.490. The average Bonchev–Trinajstić information content (AvgIpc) is 2.39. The standard InChI is InChI=1S/C7H14BrNO2.C4H10NO.C3H4Br2O/c1-6(8)7(10)11-5-4-9(2)3;1-5(2)3-4-6;1-2(4)3(5)6/h6H,4-5H2,1-3H3;6H,1,3-4H2,2H3;2H,1H3/q;+1;. The predicted octanol–water partition coefficient (Wildman–Crippen LogP) is 1.89. The van der Waals surface area contributed by atoms with Crippen molar-refractivity contribution >= 4 is 65.2 Å². The number of alkyl halides is 2. The maximum absolute atomic E-state index is 10.8. The summed E-state index contributed by atoms with van der Waals surface area (Å²) in [6.45, 7) is 9.09. The monoisotopic (exact) mass is 525 g/mol. The Hall–Kier alpha value is 0.170. The number of carbonyl (C=O) groups excluding carboxylic acids is 2. The molecule has 0 aliphatic rings. The summed E-state index contributed by atoms with van der Waals surface area (Å²) in [5.74, 6) is -0.202. The van der Waals surface area contributed by atoms with E-state index in [1.54, 1.807) is 18.4 Å². The first-order valence-corrected chi connectivity index (χ1v) is 9.49. The van der Waals surface area contributed by atoms with Gasteiger partial charge in [0.05, 0.1) is 4.83 Å². The van der Waals surface area contributed by atoms with Gasteiger partial charge < -0.3 is 14.7 Å². The van der Waals surface area contributed by atoms with Crippen molar-refractivity contribution in [1.82, 2.24) is 4.90 Å². The van der Waals surface area contributed by atoms with Crippen LogP contribution in [-0.2, 0) is 14.3 Å². The summed E-state index contributed by atoms with van der Waals surface area (Å²) in [5.41, 5.74) is 0. The van der Waals surface area contributed by atoms with Gasteiger partial charge in [-0.2, -0.15) is 0 Å². The molecule has 0 radical (unpaired) electrons. The molecule has 0 aromatic heterocycles. The minimum Gasteiger partial charge on any atom is -0.463 e. The van der Waals surface area contributed by atoms with Crippen molar-refractivity contribution in [3.05, 3.63) is 0 Å². The highest BCUT2D eigenvalue weighted by atomic mass is 79.9. The number of likely N-dealkylation sites (N-methyl/N-ethyl adjacent to an activating group) is 2. The minimum absolute atomic E-state index is 0.0116. The lowest BCUT2D eigenvalue weighted by Gasteiger charge is -2.10. The van der Waals surface area contributed by atoms with Crippen molar-refractivity contribution in [2.24, 2.45) is 0 Å². The topological polar surface area (TPSA) is 69.8 Å². The third-order valence-corrected chi connectivity index (χ3v) is 3.99. The van der Waals surface area contributed by atoms with E-state index >= 15 is 0 Å². The van der Waals surface area contributed by atoms with Crippen molar-refractivity contribution in [3.8, 4) is 0 Å². The van der Waals surface area contributed by atoms with E-state index in [1.165, 1.54) is 0 Å². The Morgan fingerprint density at radius 3 is 1.87 bits per heavy atom. The van der Waals surface area contributed by atoms with Gasteiger partial charge in [-0.1, -0.05) is 31.9 Å². The van der Waals surface area contributed by atoms with E-state index in [-0.39, 0.29) is 26.9 Å². The predicted molar refractivity (Wildman–Crippen MR) is 105 cm³/mol. The molecule has 0 aromatic carbocycles. The quantitative estimate of drug-likeness (QED) is 0.180. The molecule has 0 aromatic rings. The van der Waals surface area contributed by atoms with Gasteiger partial charge in [-0.15, -0.1) is 0 Å². The van der Waals surface area contributed by atoms with E-state index in [0.717, 1.165) is 6.54 Å². The number of esters is 1. The van der Waals surface area contributed by atoms with Gasteiger partial charge in [0.15, 0.2) is 6.54 Å². The molecule has 2 atom stereocenters. The van der Waals surface area contributed by atoms with E-state index in [4.69, 9.17) is 9.84 Å². The van der Waals surface area contributed by atoms with Crippen molar-refractivity contribution in [2.45, 2.75) is 23.5 Å². The third-order valence-electron chi connectivity index (χ3n) is 1.90. The second-order valence-corrected chi connectivity index (χ2v) is 8.34. The average molecular weight is 528 g/mol. The van der Waals surface area contributed by atoms with Crippen molar-refractivity contribution < 1.29 is 24.0 Å². The van der Waals surface area contributed by atoms with Gasteiger partial charge in [0.2, 0.25) is 4.69 Å². The largest absolute Gasteiger partial charge is 0.463 e. The first kappa shape index (κ1) is 28.0. The molecule has 0 spiro atoms. The SMILES string of the molecule is C=[N+](C)CCO.CC(Br)C(=O)Br.CC(Br)C(=O)OCCN(C)C. The molecular formula is C14H28Br3N2O4+. The number of halogens is 3. The van der Waals surface area contributed by atoms with Crippen LogP contribution in [0, 0.1) is 0 Å². The number of hydrogen-bond donors (Lipinski definition) is 1. The first-order chi connectivity index (χ1) is 10.4. The van der Waals surface area contributed by atoms with Crippen LogP contribution in [0.5, 0.6) is 0 Å². The number of hydrogen-bond acceptors (Lipinski definition) is 5. The number of nitrogens with zero attached hydrogens (tertiary/aromatic N) is 2. The van der Waals surface area contributed by atoms with E-state index < -0.39 is 0 Å². The highest BCUT2D eigenvalue weighted by Crippen LogP contribution is 2.02. The number of aliphatic hydroxyl groups is 1. The number of aliphatic hydroxyl groups excluding tert-OH is 1. The summed E-state index contributed by atoms with van der Waals surface area (Å²) in [6, 6.07) is 0. The smallest absolute Gasteiger partial charge is 0.319 e. The van der Waals surface area contributed by atoms with Crippen LogP contribution < -0.4 is 0 Å². The molecule has 0 fully saturated rings. The van der Waals surface area contributed by atoms with Gasteiger partial charge >= 0.3 is 5.97 Å². The molecule has 9 heteroatoms. The number of carbonyl (C=O) groups is 2. The Kier molecular flexibility index (Phi) is 22.5. The molecule has 0 bridgehead atoms. The third kappa shape index (κ3) is 30.6. The lowest BCUT2D eigenvalue weighted by atomic mass is 10.5. The summed E-state index contributed by atoms with van der Waals surface area (Å²) >= 11 is 8.91. The molecule has 0 aliphatic carbocycles. The Morgan fingerprint density at radius 2 is 1.70 bits per heavy atom. The molecular weight excluding hydrogens is 500 g/mol. The summed E-state index contributed by atoms with van der Waals surface area (Å²) < 4.78 is 6.56. The van der Waals surface area contributed by atoms with E-state index in [9.17, 15) is 9.59 Å². The molecule has 23 heavy (non-hydrogen) atoms. The van der Waals surface area contributed by atoms with Crippen LogP contribution in [0.3, 0.4) is 0 Å². The minimum atomic E-state index is -0.204. The fourth-order valence-electron chi connectivity index (χ4n) is 0.614. The Morgan fingerprint density at radius 1 is 1.26 bits per heavy atom. The van der Waals surface area contributed by atoms with E-state index in [2.05, 4.69) is 54.5 Å². The zero-order valence-electron chi connectivity index (χ0n) is 14.4. The molecule has 0 amide bonds. The second kappa shape index (κ2) is 18.5. The Bertz CT molecular complexity index is 338. The van der Waals surface area contributed by atoms with Crippen LogP contribution >= 0.6 is 47.8 Å². The molecule has 6 nitrogen and oxygen atoms in total. The number of ether oxygens (including phenoxy) is 1. The molecule has 2 unspecified atom stereocenters. The summed E-state index contributed by atoms with van der Waals surface area (Å²) in [6.07, 6.45) is 0. The van der Waals surface area contributed by atoms with Crippen LogP contribution in [0.4, 0.5) is 0 Å². The molecule has 0 saturated heterocycles. The highest BCUT2D eigenvalue weighted by molar-refractivity contribution is 9.20. The summed E-state index contributed by atoms with van der Waals surface area (Å²) in [5, 5.41) is 8.16. The van der Waals surface area contributed by atoms with Gasteiger partial charge in [-0.05, 0) is 43.9 Å². The fourth-order valence-corrected chi connectivity index (χ4v) is 0.747. The van der Waals surface area contributed by atoms with Crippen molar-refractivity contribution in [2.75, 3.05) is 47.4 Å². The van der Waals surface area contributed by atoms with Gasteiger partial charge in [-0.3, -0.25) is 9.59 Å². The van der Waals surface area contributed by atoms with E-state index in [1.807, 2.05) is 26.0 Å². The van der Waals surface area contributed by atoms with Crippen LogP contribution in [-0.4, -0.2) is 89.1 Å². The number of rotatable bonds is 7. The molecule has 1 N–H and O–H groups in total. The highest BCUT2D eigenvalue weighted by Gasteiger charge is 2.08. The Balaban J connectivity index is -0.000000284. The lowest BCUT2D eigenvalue weighted by Crippen LogP contribution is -2.22. The zero-order chi connectivity index (χ0) is 19.0. The Labute approximate surface area is 164 Å².